The van der Waals surface area contributed by atoms with Gasteiger partial charge in [0.05, 0.1) is 5.54 Å². The molecule has 1 N–H and O–H groups in total. The van der Waals surface area contributed by atoms with E-state index >= 15 is 0 Å². The molecule has 1 saturated heterocycles. The first kappa shape index (κ1) is 7.37. The Bertz CT molecular complexity index is 368. The topological polar surface area (TPSA) is 53.8 Å². The Morgan fingerprint density at radius 3 is 2.36 bits per heavy atom. The number of azo groups is 1. The van der Waals surface area contributed by atoms with Gasteiger partial charge in [-0.15, -0.1) is 0 Å². The lowest BCUT2D eigenvalue weighted by molar-refractivity contribution is -0.123. The molecule has 0 radical (unpaired) electrons. The van der Waals surface area contributed by atoms with Gasteiger partial charge in [0, 0.05) is 18.4 Å². The van der Waals surface area contributed by atoms with Gasteiger partial charge < -0.3 is 5.32 Å². The van der Waals surface area contributed by atoms with Gasteiger partial charge in [0.15, 0.2) is 5.54 Å². The maximum atomic E-state index is 11.9. The highest BCUT2D eigenvalue weighted by molar-refractivity contribution is 5.91. The maximum absolute atomic E-state index is 11.9. The molecule has 4 rings (SSSR count). The molecule has 0 bridgehead atoms. The molecule has 1 atom stereocenters. The molecular weight excluding hydrogens is 178 g/mol. The van der Waals surface area contributed by atoms with Crippen LogP contribution in [0.15, 0.2) is 10.2 Å². The minimum atomic E-state index is -0.451. The third-order valence-electron chi connectivity index (χ3n) is 4.19. The van der Waals surface area contributed by atoms with E-state index in [1.165, 1.54) is 0 Å². The minimum Gasteiger partial charge on any atom is -0.348 e. The average molecular weight is 191 g/mol. The molecule has 4 heteroatoms. The van der Waals surface area contributed by atoms with E-state index in [-0.39, 0.29) is 17.0 Å². The molecule has 4 nitrogen and oxygen atoms in total. The quantitative estimate of drug-likeness (QED) is 0.614. The lowest BCUT2D eigenvalue weighted by Gasteiger charge is -2.14. The van der Waals surface area contributed by atoms with Crippen LogP contribution < -0.4 is 5.32 Å². The third-order valence-corrected chi connectivity index (χ3v) is 4.19. The zero-order chi connectivity index (χ0) is 9.44. The Labute approximate surface area is 82.2 Å². The standard InChI is InChI=1S/C10H13N3O/c14-7-10(5-8(11-7)1-2-8)6-9(3-4-9)12-13-10/h1-6H2,(H,11,14). The van der Waals surface area contributed by atoms with Gasteiger partial charge in [-0.1, -0.05) is 0 Å². The average Bonchev–Trinajstić information content (AvgIpc) is 2.97. The lowest BCUT2D eigenvalue weighted by Crippen LogP contribution is -2.36. The number of hydrogen-bond donors (Lipinski definition) is 1. The highest BCUT2D eigenvalue weighted by Crippen LogP contribution is 2.58. The molecule has 2 saturated carbocycles. The first-order valence-corrected chi connectivity index (χ1v) is 5.43. The zero-order valence-corrected chi connectivity index (χ0v) is 8.05. The third kappa shape index (κ3) is 0.735. The van der Waals surface area contributed by atoms with Crippen LogP contribution in [0, 0.1) is 0 Å². The largest absolute Gasteiger partial charge is 0.348 e. The van der Waals surface area contributed by atoms with Crippen LogP contribution in [0.2, 0.25) is 0 Å². The smallest absolute Gasteiger partial charge is 0.250 e. The molecule has 0 aromatic carbocycles. The Balaban J connectivity index is 1.71. The lowest BCUT2D eigenvalue weighted by atomic mass is 9.88. The van der Waals surface area contributed by atoms with Crippen LogP contribution in [-0.2, 0) is 4.79 Å². The number of amides is 1. The van der Waals surface area contributed by atoms with Gasteiger partial charge in [-0.3, -0.25) is 4.79 Å². The van der Waals surface area contributed by atoms with Crippen LogP contribution in [0.3, 0.4) is 0 Å². The maximum Gasteiger partial charge on any atom is 0.250 e. The second kappa shape index (κ2) is 1.75. The predicted molar refractivity (Wildman–Crippen MR) is 48.9 cm³/mol. The van der Waals surface area contributed by atoms with Gasteiger partial charge >= 0.3 is 0 Å². The molecular formula is C10H13N3O. The minimum absolute atomic E-state index is 0.0950. The van der Waals surface area contributed by atoms with Crippen molar-refractivity contribution < 1.29 is 4.79 Å². The fourth-order valence-corrected chi connectivity index (χ4v) is 2.96. The van der Waals surface area contributed by atoms with Crippen molar-refractivity contribution in [3.8, 4) is 0 Å². The first-order chi connectivity index (χ1) is 6.66. The second-order valence-electron chi connectivity index (χ2n) is 5.54. The van der Waals surface area contributed by atoms with Crippen molar-refractivity contribution in [1.82, 2.24) is 5.32 Å². The fraction of sp³-hybridized carbons (Fsp3) is 0.900. The van der Waals surface area contributed by atoms with Crippen LogP contribution in [0.1, 0.15) is 38.5 Å². The van der Waals surface area contributed by atoms with E-state index in [9.17, 15) is 4.79 Å². The van der Waals surface area contributed by atoms with Crippen molar-refractivity contribution >= 4 is 5.91 Å². The number of rotatable bonds is 0. The summed E-state index contributed by atoms with van der Waals surface area (Å²) in [6.45, 7) is 0. The summed E-state index contributed by atoms with van der Waals surface area (Å²) in [6.07, 6.45) is 6.35. The van der Waals surface area contributed by atoms with Crippen molar-refractivity contribution in [2.24, 2.45) is 10.2 Å². The van der Waals surface area contributed by atoms with Crippen molar-refractivity contribution in [3.63, 3.8) is 0 Å². The van der Waals surface area contributed by atoms with Crippen molar-refractivity contribution in [2.75, 3.05) is 0 Å². The van der Waals surface area contributed by atoms with Gasteiger partial charge in [-0.05, 0) is 25.7 Å². The summed E-state index contributed by atoms with van der Waals surface area (Å²) in [7, 11) is 0. The van der Waals surface area contributed by atoms with Crippen LogP contribution in [0.25, 0.3) is 0 Å². The summed E-state index contributed by atoms with van der Waals surface area (Å²) in [5, 5.41) is 11.7. The molecule has 0 aromatic heterocycles. The van der Waals surface area contributed by atoms with Crippen LogP contribution in [0.5, 0.6) is 0 Å². The highest BCUT2D eigenvalue weighted by atomic mass is 16.2. The molecule has 3 spiro atoms. The Morgan fingerprint density at radius 1 is 1.07 bits per heavy atom. The molecule has 14 heavy (non-hydrogen) atoms. The number of nitrogens with one attached hydrogen (secondary N) is 1. The van der Waals surface area contributed by atoms with E-state index in [4.69, 9.17) is 0 Å². The Kier molecular flexibility index (Phi) is 0.922. The van der Waals surface area contributed by atoms with Crippen molar-refractivity contribution in [2.45, 2.75) is 55.1 Å². The van der Waals surface area contributed by atoms with E-state index in [2.05, 4.69) is 15.5 Å². The predicted octanol–water partition coefficient (Wildman–Crippen LogP) is 1.17. The summed E-state index contributed by atoms with van der Waals surface area (Å²) >= 11 is 0. The van der Waals surface area contributed by atoms with Gasteiger partial charge in [-0.25, -0.2) is 0 Å². The monoisotopic (exact) mass is 191 g/mol. The summed E-state index contributed by atoms with van der Waals surface area (Å²) < 4.78 is 0. The summed E-state index contributed by atoms with van der Waals surface area (Å²) in [5.41, 5.74) is -0.221. The normalized spacial score (nSPS) is 43.9. The second-order valence-corrected chi connectivity index (χ2v) is 5.54. The van der Waals surface area contributed by atoms with Crippen LogP contribution in [-0.4, -0.2) is 22.5 Å². The Hall–Kier alpha value is -0.930. The molecule has 0 aromatic rings. The van der Waals surface area contributed by atoms with E-state index in [0.717, 1.165) is 38.5 Å². The summed E-state index contributed by atoms with van der Waals surface area (Å²) in [4.78, 5) is 11.9. The van der Waals surface area contributed by atoms with Gasteiger partial charge in [0.1, 0.15) is 0 Å². The van der Waals surface area contributed by atoms with E-state index in [0.29, 0.717) is 0 Å². The van der Waals surface area contributed by atoms with Crippen LogP contribution >= 0.6 is 0 Å². The molecule has 3 fully saturated rings. The SMILES string of the molecule is O=C1NC2(CC2)CC12CC1(CC1)N=N2. The summed E-state index contributed by atoms with van der Waals surface area (Å²) in [5.74, 6) is 0.141. The molecule has 2 aliphatic carbocycles. The van der Waals surface area contributed by atoms with Crippen LogP contribution in [0.4, 0.5) is 0 Å². The number of carbonyl (C=O) groups excluding carboxylic acids is 1. The molecule has 74 valence electrons. The molecule has 1 unspecified atom stereocenters. The van der Waals surface area contributed by atoms with Crippen molar-refractivity contribution in [1.29, 1.82) is 0 Å². The molecule has 1 amide bonds. The van der Waals surface area contributed by atoms with E-state index in [1.54, 1.807) is 0 Å². The van der Waals surface area contributed by atoms with E-state index < -0.39 is 5.54 Å². The Morgan fingerprint density at radius 2 is 1.86 bits per heavy atom. The van der Waals surface area contributed by atoms with Gasteiger partial charge in [0.2, 0.25) is 5.91 Å². The van der Waals surface area contributed by atoms with E-state index in [1.807, 2.05) is 0 Å². The van der Waals surface area contributed by atoms with Crippen molar-refractivity contribution in [3.05, 3.63) is 0 Å². The fourth-order valence-electron chi connectivity index (χ4n) is 2.96. The number of carbonyl (C=O) groups is 1. The molecule has 4 aliphatic rings. The highest BCUT2D eigenvalue weighted by Gasteiger charge is 2.66. The number of hydrogen-bond acceptors (Lipinski definition) is 3. The first-order valence-electron chi connectivity index (χ1n) is 5.43. The zero-order valence-electron chi connectivity index (χ0n) is 8.05. The molecule has 2 heterocycles. The summed E-state index contributed by atoms with van der Waals surface area (Å²) in [6, 6.07) is 0. The van der Waals surface area contributed by atoms with Gasteiger partial charge in [0.25, 0.3) is 0 Å². The molecule has 2 aliphatic heterocycles. The van der Waals surface area contributed by atoms with Gasteiger partial charge in [-0.2, -0.15) is 10.2 Å². The number of nitrogens with zero attached hydrogens (tertiary/aromatic N) is 2.